The maximum atomic E-state index is 12.6. The molecule has 8 heteroatoms. The van der Waals surface area contributed by atoms with Crippen molar-refractivity contribution in [3.8, 4) is 0 Å². The molecule has 1 saturated heterocycles. The van der Waals surface area contributed by atoms with Crippen LogP contribution in [0.25, 0.3) is 0 Å². The maximum absolute atomic E-state index is 12.6. The molecule has 132 valence electrons. The molecule has 1 fully saturated rings. The van der Waals surface area contributed by atoms with Gasteiger partial charge in [-0.05, 0) is 37.6 Å². The van der Waals surface area contributed by atoms with E-state index in [2.05, 4.69) is 5.32 Å². The summed E-state index contributed by atoms with van der Waals surface area (Å²) in [5, 5.41) is 2.65. The summed E-state index contributed by atoms with van der Waals surface area (Å²) < 4.78 is 25.4. The minimum Gasteiger partial charge on any atom is -0.337 e. The Labute approximate surface area is 142 Å². The zero-order valence-corrected chi connectivity index (χ0v) is 14.8. The first-order valence-corrected chi connectivity index (χ1v) is 9.59. The highest BCUT2D eigenvalue weighted by molar-refractivity contribution is 7.89. The summed E-state index contributed by atoms with van der Waals surface area (Å²) in [5.74, 6) is -0.218. The van der Waals surface area contributed by atoms with Crippen LogP contribution in [0.3, 0.4) is 0 Å². The van der Waals surface area contributed by atoms with Crippen LogP contribution in [0.5, 0.6) is 0 Å². The van der Waals surface area contributed by atoms with Gasteiger partial charge in [0.05, 0.1) is 5.75 Å². The average Bonchev–Trinajstić information content (AvgIpc) is 2.81. The molecule has 2 amide bonds. The Morgan fingerprint density at radius 1 is 1.08 bits per heavy atom. The molecule has 0 saturated carbocycles. The van der Waals surface area contributed by atoms with Crippen molar-refractivity contribution in [3.63, 3.8) is 0 Å². The van der Waals surface area contributed by atoms with Gasteiger partial charge >= 0.3 is 0 Å². The Morgan fingerprint density at radius 3 is 2.33 bits per heavy atom. The first-order valence-electron chi connectivity index (χ1n) is 7.98. The van der Waals surface area contributed by atoms with Gasteiger partial charge in [0, 0.05) is 44.4 Å². The molecule has 0 unspecified atom stereocenters. The van der Waals surface area contributed by atoms with Crippen LogP contribution in [0.2, 0.25) is 0 Å². The molecule has 1 aliphatic heterocycles. The number of anilines is 1. The third kappa shape index (κ3) is 4.55. The topological polar surface area (TPSA) is 86.8 Å². The third-order valence-electron chi connectivity index (χ3n) is 3.95. The van der Waals surface area contributed by atoms with Crippen LogP contribution < -0.4 is 5.32 Å². The van der Waals surface area contributed by atoms with Crippen LogP contribution in [0.4, 0.5) is 5.69 Å². The summed E-state index contributed by atoms with van der Waals surface area (Å²) in [6.07, 6.45) is 0.620. The fourth-order valence-electron chi connectivity index (χ4n) is 2.64. The summed E-state index contributed by atoms with van der Waals surface area (Å²) >= 11 is 0. The van der Waals surface area contributed by atoms with Crippen LogP contribution in [0.15, 0.2) is 24.3 Å². The first-order chi connectivity index (χ1) is 11.3. The molecular formula is C16H23N3O4S. The Balaban J connectivity index is 2.03. The van der Waals surface area contributed by atoms with Gasteiger partial charge in [-0.2, -0.15) is 0 Å². The van der Waals surface area contributed by atoms with Gasteiger partial charge in [-0.25, -0.2) is 12.7 Å². The summed E-state index contributed by atoms with van der Waals surface area (Å²) in [6, 6.07) is 6.69. The fraction of sp³-hybridized carbons (Fsp3) is 0.500. The third-order valence-corrected chi connectivity index (χ3v) is 5.83. The molecule has 2 rings (SSSR count). The second kappa shape index (κ2) is 7.76. The predicted octanol–water partition coefficient (Wildman–Crippen LogP) is 1.14. The molecule has 0 atom stereocenters. The minimum atomic E-state index is -3.22. The molecule has 24 heavy (non-hydrogen) atoms. The lowest BCUT2D eigenvalue weighted by atomic mass is 10.1. The normalized spacial score (nSPS) is 16.5. The standard InChI is InChI=1S/C16H23N3O4S/c1-3-24(22,23)19-10-4-9-18(11-12-19)16(21)14-5-7-15(8-6-14)17-13(2)20/h5-8H,3-4,9-12H2,1-2H3,(H,17,20). The minimum absolute atomic E-state index is 0.0750. The highest BCUT2D eigenvalue weighted by atomic mass is 32.2. The second-order valence-corrected chi connectivity index (χ2v) is 7.96. The fourth-order valence-corrected chi connectivity index (χ4v) is 3.77. The second-order valence-electron chi connectivity index (χ2n) is 5.70. The predicted molar refractivity (Wildman–Crippen MR) is 92.3 cm³/mol. The molecule has 0 aromatic heterocycles. The van der Waals surface area contributed by atoms with Crippen molar-refractivity contribution in [1.82, 2.24) is 9.21 Å². The molecule has 0 bridgehead atoms. The quantitative estimate of drug-likeness (QED) is 0.879. The number of rotatable bonds is 4. The van der Waals surface area contributed by atoms with E-state index in [1.807, 2.05) is 0 Å². The monoisotopic (exact) mass is 353 g/mol. The largest absolute Gasteiger partial charge is 0.337 e. The molecule has 7 nitrogen and oxygen atoms in total. The van der Waals surface area contributed by atoms with Crippen molar-refractivity contribution in [2.24, 2.45) is 0 Å². The van der Waals surface area contributed by atoms with Gasteiger partial charge in [0.1, 0.15) is 0 Å². The van der Waals surface area contributed by atoms with E-state index in [9.17, 15) is 18.0 Å². The molecule has 1 aliphatic rings. The number of carbonyl (C=O) groups is 2. The van der Waals surface area contributed by atoms with Crippen molar-refractivity contribution in [2.75, 3.05) is 37.2 Å². The highest BCUT2D eigenvalue weighted by Crippen LogP contribution is 2.14. The zero-order valence-electron chi connectivity index (χ0n) is 14.0. The molecule has 0 spiro atoms. The van der Waals surface area contributed by atoms with Crippen LogP contribution in [-0.2, 0) is 14.8 Å². The highest BCUT2D eigenvalue weighted by Gasteiger charge is 2.25. The number of carbonyl (C=O) groups excluding carboxylic acids is 2. The van der Waals surface area contributed by atoms with Gasteiger partial charge < -0.3 is 10.2 Å². The average molecular weight is 353 g/mol. The lowest BCUT2D eigenvalue weighted by Gasteiger charge is -2.21. The van der Waals surface area contributed by atoms with E-state index in [0.29, 0.717) is 43.9 Å². The van der Waals surface area contributed by atoms with Crippen molar-refractivity contribution in [2.45, 2.75) is 20.3 Å². The molecule has 1 aromatic carbocycles. The van der Waals surface area contributed by atoms with Crippen LogP contribution >= 0.6 is 0 Å². The van der Waals surface area contributed by atoms with E-state index < -0.39 is 10.0 Å². The summed E-state index contributed by atoms with van der Waals surface area (Å²) in [4.78, 5) is 25.3. The van der Waals surface area contributed by atoms with Crippen LogP contribution in [-0.4, -0.2) is 61.4 Å². The number of nitrogens with zero attached hydrogens (tertiary/aromatic N) is 2. The number of benzene rings is 1. The Kier molecular flexibility index (Phi) is 5.95. The van der Waals surface area contributed by atoms with Gasteiger partial charge in [0.25, 0.3) is 5.91 Å². The van der Waals surface area contributed by atoms with Crippen molar-refractivity contribution in [1.29, 1.82) is 0 Å². The van der Waals surface area contributed by atoms with E-state index in [-0.39, 0.29) is 17.6 Å². The van der Waals surface area contributed by atoms with Crippen LogP contribution in [0, 0.1) is 0 Å². The zero-order chi connectivity index (χ0) is 17.7. The van der Waals surface area contributed by atoms with Crippen molar-refractivity contribution < 1.29 is 18.0 Å². The number of hydrogen-bond donors (Lipinski definition) is 1. The van der Waals surface area contributed by atoms with Gasteiger partial charge in [0.15, 0.2) is 0 Å². The lowest BCUT2D eigenvalue weighted by molar-refractivity contribution is -0.114. The summed E-state index contributed by atoms with van der Waals surface area (Å²) in [5.41, 5.74) is 1.16. The smallest absolute Gasteiger partial charge is 0.253 e. The van der Waals surface area contributed by atoms with Gasteiger partial charge in [0.2, 0.25) is 15.9 Å². The van der Waals surface area contributed by atoms with Gasteiger partial charge in [-0.3, -0.25) is 9.59 Å². The molecule has 0 aliphatic carbocycles. The number of hydrogen-bond acceptors (Lipinski definition) is 4. The molecular weight excluding hydrogens is 330 g/mol. The lowest BCUT2D eigenvalue weighted by Crippen LogP contribution is -2.37. The molecule has 1 N–H and O–H groups in total. The van der Waals surface area contributed by atoms with Gasteiger partial charge in [-0.1, -0.05) is 0 Å². The maximum Gasteiger partial charge on any atom is 0.253 e. The van der Waals surface area contributed by atoms with Gasteiger partial charge in [-0.15, -0.1) is 0 Å². The van der Waals surface area contributed by atoms with E-state index in [0.717, 1.165) is 0 Å². The van der Waals surface area contributed by atoms with Crippen molar-refractivity contribution in [3.05, 3.63) is 29.8 Å². The number of amides is 2. The first kappa shape index (κ1) is 18.4. The van der Waals surface area contributed by atoms with E-state index in [4.69, 9.17) is 0 Å². The number of sulfonamides is 1. The molecule has 1 heterocycles. The SMILES string of the molecule is CCS(=O)(=O)N1CCCN(C(=O)c2ccc(NC(C)=O)cc2)CC1. The Bertz CT molecular complexity index is 701. The molecule has 0 radical (unpaired) electrons. The Morgan fingerprint density at radius 2 is 1.75 bits per heavy atom. The summed E-state index contributed by atoms with van der Waals surface area (Å²) in [6.45, 7) is 4.73. The van der Waals surface area contributed by atoms with Crippen molar-refractivity contribution >= 4 is 27.5 Å². The Hall–Kier alpha value is -1.93. The van der Waals surface area contributed by atoms with Crippen LogP contribution in [0.1, 0.15) is 30.6 Å². The van der Waals surface area contributed by atoms with E-state index in [1.54, 1.807) is 36.1 Å². The molecule has 1 aromatic rings. The van der Waals surface area contributed by atoms with E-state index >= 15 is 0 Å². The number of nitrogens with one attached hydrogen (secondary N) is 1. The summed E-state index contributed by atoms with van der Waals surface area (Å²) in [7, 11) is -3.22. The van der Waals surface area contributed by atoms with E-state index in [1.165, 1.54) is 11.2 Å².